The van der Waals surface area contributed by atoms with Gasteiger partial charge in [0.25, 0.3) is 5.91 Å². The molecule has 106 valence electrons. The van der Waals surface area contributed by atoms with E-state index in [9.17, 15) is 9.90 Å². The Morgan fingerprint density at radius 3 is 2.75 bits per heavy atom. The summed E-state index contributed by atoms with van der Waals surface area (Å²) in [5.41, 5.74) is 0.217. The summed E-state index contributed by atoms with van der Waals surface area (Å²) in [5.74, 6) is -0.134. The Hall–Kier alpha value is -1.72. The molecule has 0 radical (unpaired) electrons. The molecule has 1 amide bonds. The Morgan fingerprint density at radius 2 is 2.15 bits per heavy atom. The zero-order valence-electron chi connectivity index (χ0n) is 11.1. The lowest BCUT2D eigenvalue weighted by Gasteiger charge is -2.17. The number of ether oxygens (including phenoxy) is 1. The van der Waals surface area contributed by atoms with Gasteiger partial charge < -0.3 is 14.7 Å². The van der Waals surface area contributed by atoms with Crippen LogP contribution in [0, 0.1) is 0 Å². The van der Waals surface area contributed by atoms with Crippen molar-refractivity contribution in [3.8, 4) is 11.5 Å². The summed E-state index contributed by atoms with van der Waals surface area (Å²) in [5, 5.41) is 9.99. The monoisotopic (exact) mass is 311 g/mol. The fraction of sp³-hybridized carbons (Fsp3) is 0.214. The molecule has 0 saturated carbocycles. The van der Waals surface area contributed by atoms with Crippen LogP contribution in [0.15, 0.2) is 30.3 Å². The highest BCUT2D eigenvalue weighted by Crippen LogP contribution is 2.30. The van der Waals surface area contributed by atoms with Gasteiger partial charge in [-0.3, -0.25) is 4.79 Å². The molecule has 2 aromatic rings. The number of phenols is 1. The molecular formula is C14H14ClNO3S. The molecule has 6 heteroatoms. The number of rotatable bonds is 4. The van der Waals surface area contributed by atoms with Crippen molar-refractivity contribution in [3.63, 3.8) is 0 Å². The summed E-state index contributed by atoms with van der Waals surface area (Å²) in [6, 6.07) is 8.51. The van der Waals surface area contributed by atoms with Crippen LogP contribution in [0.1, 0.15) is 15.2 Å². The van der Waals surface area contributed by atoms with E-state index >= 15 is 0 Å². The summed E-state index contributed by atoms with van der Waals surface area (Å²) in [6.45, 7) is 0.437. The van der Waals surface area contributed by atoms with Crippen molar-refractivity contribution in [2.24, 2.45) is 0 Å². The predicted molar refractivity (Wildman–Crippen MR) is 79.8 cm³/mol. The highest BCUT2D eigenvalue weighted by Gasteiger charge is 2.18. The quantitative estimate of drug-likeness (QED) is 0.941. The molecular weight excluding hydrogens is 298 g/mol. The maximum atomic E-state index is 12.3. The second-order valence-electron chi connectivity index (χ2n) is 4.22. The molecule has 0 aliphatic carbocycles. The second-order valence-corrected chi connectivity index (χ2v) is 6.02. The van der Waals surface area contributed by atoms with Gasteiger partial charge in [0, 0.05) is 11.9 Å². The second kappa shape index (κ2) is 6.15. The molecule has 0 fully saturated rings. The van der Waals surface area contributed by atoms with Crippen LogP contribution in [0.4, 0.5) is 0 Å². The van der Waals surface area contributed by atoms with E-state index in [4.69, 9.17) is 16.3 Å². The number of hydrogen-bond donors (Lipinski definition) is 1. The van der Waals surface area contributed by atoms with Crippen LogP contribution in [-0.4, -0.2) is 30.1 Å². The number of aromatic hydroxyl groups is 1. The summed E-state index contributed by atoms with van der Waals surface area (Å²) in [4.78, 5) is 14.8. The lowest BCUT2D eigenvalue weighted by molar-refractivity contribution is 0.0783. The van der Waals surface area contributed by atoms with Crippen LogP contribution < -0.4 is 4.74 Å². The molecule has 1 aromatic heterocycles. The number of amides is 1. The van der Waals surface area contributed by atoms with E-state index in [1.54, 1.807) is 31.3 Å². The first-order valence-corrected chi connectivity index (χ1v) is 7.08. The Kier molecular flexibility index (Phi) is 4.52. The summed E-state index contributed by atoms with van der Waals surface area (Å²) >= 11 is 7.29. The van der Waals surface area contributed by atoms with Crippen molar-refractivity contribution in [2.75, 3.05) is 14.2 Å². The van der Waals surface area contributed by atoms with Gasteiger partial charge in [-0.2, -0.15) is 0 Å². The molecule has 1 aromatic carbocycles. The highest BCUT2D eigenvalue weighted by atomic mass is 35.5. The third-order valence-electron chi connectivity index (χ3n) is 2.82. The van der Waals surface area contributed by atoms with E-state index in [1.165, 1.54) is 23.3 Å². The molecule has 0 bridgehead atoms. The van der Waals surface area contributed by atoms with Gasteiger partial charge in [-0.1, -0.05) is 17.7 Å². The Morgan fingerprint density at radius 1 is 1.40 bits per heavy atom. The molecule has 1 heterocycles. The summed E-state index contributed by atoms with van der Waals surface area (Å²) in [7, 11) is 3.12. The fourth-order valence-corrected chi connectivity index (χ4v) is 2.95. The van der Waals surface area contributed by atoms with Gasteiger partial charge in [-0.25, -0.2) is 0 Å². The lowest BCUT2D eigenvalue weighted by Crippen LogP contribution is -2.25. The van der Waals surface area contributed by atoms with Crippen molar-refractivity contribution in [3.05, 3.63) is 45.1 Å². The van der Waals surface area contributed by atoms with Crippen molar-refractivity contribution in [1.82, 2.24) is 4.90 Å². The van der Waals surface area contributed by atoms with Crippen LogP contribution in [0.5, 0.6) is 11.5 Å². The number of para-hydroxylation sites is 1. The first-order valence-electron chi connectivity index (χ1n) is 5.88. The van der Waals surface area contributed by atoms with E-state index in [-0.39, 0.29) is 23.0 Å². The first kappa shape index (κ1) is 14.7. The molecule has 0 aliphatic heterocycles. The number of phenolic OH excluding ortho intramolecular Hbond substituents is 1. The van der Waals surface area contributed by atoms with Crippen molar-refractivity contribution < 1.29 is 14.6 Å². The topological polar surface area (TPSA) is 49.8 Å². The standard InChI is InChI=1S/C14H14ClNO3S/c1-16(8-9-6-7-12(15)20-9)14(18)10-4-3-5-11(19-2)13(10)17/h3-7,17H,8H2,1-2H3. The minimum Gasteiger partial charge on any atom is -0.504 e. The van der Waals surface area contributed by atoms with Crippen molar-refractivity contribution in [2.45, 2.75) is 6.54 Å². The number of hydrogen-bond acceptors (Lipinski definition) is 4. The minimum atomic E-state index is -0.272. The van der Waals surface area contributed by atoms with Crippen molar-refractivity contribution >= 4 is 28.8 Å². The average molecular weight is 312 g/mol. The van der Waals surface area contributed by atoms with Gasteiger partial charge in [0.05, 0.1) is 23.6 Å². The van der Waals surface area contributed by atoms with Gasteiger partial charge in [0.15, 0.2) is 11.5 Å². The van der Waals surface area contributed by atoms with E-state index in [0.29, 0.717) is 10.9 Å². The minimum absolute atomic E-state index is 0.143. The normalized spacial score (nSPS) is 10.3. The predicted octanol–water partition coefficient (Wildman–Crippen LogP) is 3.39. The molecule has 1 N–H and O–H groups in total. The maximum Gasteiger partial charge on any atom is 0.257 e. The van der Waals surface area contributed by atoms with Crippen LogP contribution in [0.2, 0.25) is 4.34 Å². The molecule has 4 nitrogen and oxygen atoms in total. The fourth-order valence-electron chi connectivity index (χ4n) is 1.81. The van der Waals surface area contributed by atoms with Gasteiger partial charge in [0.1, 0.15) is 0 Å². The summed E-state index contributed by atoms with van der Waals surface area (Å²) < 4.78 is 5.69. The first-order chi connectivity index (χ1) is 9.52. The SMILES string of the molecule is COc1cccc(C(=O)N(C)Cc2ccc(Cl)s2)c1O. The number of carbonyl (C=O) groups excluding carboxylic acids is 1. The van der Waals surface area contributed by atoms with E-state index < -0.39 is 0 Å². The lowest BCUT2D eigenvalue weighted by atomic mass is 10.1. The number of thiophene rings is 1. The largest absolute Gasteiger partial charge is 0.504 e. The number of nitrogens with zero attached hydrogens (tertiary/aromatic N) is 1. The zero-order chi connectivity index (χ0) is 14.7. The molecule has 0 aliphatic rings. The number of carbonyl (C=O) groups is 1. The average Bonchev–Trinajstić information content (AvgIpc) is 2.83. The third kappa shape index (κ3) is 3.05. The smallest absolute Gasteiger partial charge is 0.257 e. The third-order valence-corrected chi connectivity index (χ3v) is 4.03. The molecule has 20 heavy (non-hydrogen) atoms. The zero-order valence-corrected chi connectivity index (χ0v) is 12.7. The van der Waals surface area contributed by atoms with Crippen LogP contribution in [0.25, 0.3) is 0 Å². The van der Waals surface area contributed by atoms with Crippen LogP contribution in [0.3, 0.4) is 0 Å². The molecule has 0 unspecified atom stereocenters. The van der Waals surface area contributed by atoms with Gasteiger partial charge in [0.2, 0.25) is 0 Å². The van der Waals surface area contributed by atoms with Crippen LogP contribution >= 0.6 is 22.9 Å². The number of methoxy groups -OCH3 is 1. The molecule has 2 rings (SSSR count). The van der Waals surface area contributed by atoms with Crippen molar-refractivity contribution in [1.29, 1.82) is 0 Å². The molecule has 0 spiro atoms. The number of halogens is 1. The van der Waals surface area contributed by atoms with E-state index in [0.717, 1.165) is 4.88 Å². The number of benzene rings is 1. The molecule has 0 atom stereocenters. The Balaban J connectivity index is 2.18. The Bertz CT molecular complexity index is 627. The maximum absolute atomic E-state index is 12.3. The van der Waals surface area contributed by atoms with Gasteiger partial charge in [-0.05, 0) is 24.3 Å². The summed E-state index contributed by atoms with van der Waals surface area (Å²) in [6.07, 6.45) is 0. The molecule has 0 saturated heterocycles. The van der Waals surface area contributed by atoms with Gasteiger partial charge in [-0.15, -0.1) is 11.3 Å². The van der Waals surface area contributed by atoms with Gasteiger partial charge >= 0.3 is 0 Å². The van der Waals surface area contributed by atoms with E-state index in [2.05, 4.69) is 0 Å². The van der Waals surface area contributed by atoms with Crippen LogP contribution in [-0.2, 0) is 6.54 Å². The highest BCUT2D eigenvalue weighted by molar-refractivity contribution is 7.16. The Labute approximate surface area is 126 Å². The van der Waals surface area contributed by atoms with E-state index in [1.807, 2.05) is 6.07 Å².